The van der Waals surface area contributed by atoms with Gasteiger partial charge in [-0.05, 0) is 30.5 Å². The molecule has 0 bridgehead atoms. The van der Waals surface area contributed by atoms with E-state index in [0.717, 1.165) is 37.8 Å². The molecule has 192 valence electrons. The van der Waals surface area contributed by atoms with Crippen molar-refractivity contribution in [1.29, 1.82) is 0 Å². The van der Waals surface area contributed by atoms with Gasteiger partial charge in [-0.3, -0.25) is 9.80 Å². The molecule has 2 aromatic rings. The number of nitrogens with two attached hydrogens (primary N) is 1. The SMILES string of the molecule is CCCC(CCO)Nc1nc(N)nc2c1C(C=O)N(Cc1ccc(C(=O)N3CCNCC3)cc1)N=C2. The fourth-order valence-corrected chi connectivity index (χ4v) is 4.61. The maximum absolute atomic E-state index is 12.8. The van der Waals surface area contributed by atoms with Crippen LogP contribution in [0.3, 0.4) is 0 Å². The average molecular weight is 495 g/mol. The van der Waals surface area contributed by atoms with Crippen molar-refractivity contribution in [2.75, 3.05) is 43.8 Å². The van der Waals surface area contributed by atoms with Gasteiger partial charge < -0.3 is 31.2 Å². The molecule has 0 spiro atoms. The third-order valence-electron chi connectivity index (χ3n) is 6.47. The van der Waals surface area contributed by atoms with Crippen molar-refractivity contribution in [2.24, 2.45) is 5.10 Å². The van der Waals surface area contributed by atoms with Crippen LogP contribution in [0.1, 0.15) is 59.4 Å². The number of carbonyl (C=O) groups excluding carboxylic acids is 2. The second kappa shape index (κ2) is 11.9. The summed E-state index contributed by atoms with van der Waals surface area (Å²) in [7, 11) is 0. The molecule has 36 heavy (non-hydrogen) atoms. The maximum atomic E-state index is 12.8. The predicted molar refractivity (Wildman–Crippen MR) is 138 cm³/mol. The minimum absolute atomic E-state index is 0.0150. The number of aldehydes is 1. The Labute approximate surface area is 210 Å². The molecule has 1 aromatic carbocycles. The first-order chi connectivity index (χ1) is 17.5. The van der Waals surface area contributed by atoms with Crippen LogP contribution >= 0.6 is 0 Å². The highest BCUT2D eigenvalue weighted by molar-refractivity contribution is 5.94. The number of rotatable bonds is 10. The smallest absolute Gasteiger partial charge is 0.253 e. The van der Waals surface area contributed by atoms with E-state index in [1.54, 1.807) is 11.2 Å². The quantitative estimate of drug-likeness (QED) is 0.357. The van der Waals surface area contributed by atoms with Gasteiger partial charge in [-0.25, -0.2) is 4.98 Å². The summed E-state index contributed by atoms with van der Waals surface area (Å²) in [5.74, 6) is 0.591. The number of hydrogen-bond acceptors (Lipinski definition) is 10. The lowest BCUT2D eigenvalue weighted by Gasteiger charge is -2.31. The number of nitrogen functional groups attached to an aromatic ring is 1. The monoisotopic (exact) mass is 494 g/mol. The van der Waals surface area contributed by atoms with E-state index < -0.39 is 6.04 Å². The van der Waals surface area contributed by atoms with Gasteiger partial charge in [0.2, 0.25) is 5.95 Å². The Bertz CT molecular complexity index is 1080. The van der Waals surface area contributed by atoms with E-state index in [0.29, 0.717) is 48.7 Å². The largest absolute Gasteiger partial charge is 0.396 e. The number of hydrogen-bond donors (Lipinski definition) is 4. The lowest BCUT2D eigenvalue weighted by atomic mass is 10.0. The van der Waals surface area contributed by atoms with E-state index in [-0.39, 0.29) is 24.5 Å². The van der Waals surface area contributed by atoms with E-state index in [9.17, 15) is 14.7 Å². The molecule has 0 radical (unpaired) electrons. The highest BCUT2D eigenvalue weighted by Crippen LogP contribution is 2.33. The van der Waals surface area contributed by atoms with Crippen LogP contribution in [0.2, 0.25) is 0 Å². The van der Waals surface area contributed by atoms with Crippen LogP contribution in [0, 0.1) is 0 Å². The van der Waals surface area contributed by atoms with Crippen molar-refractivity contribution in [2.45, 2.75) is 44.8 Å². The van der Waals surface area contributed by atoms with Crippen LogP contribution in [-0.2, 0) is 11.3 Å². The van der Waals surface area contributed by atoms with Crippen molar-refractivity contribution in [1.82, 2.24) is 25.2 Å². The van der Waals surface area contributed by atoms with E-state index in [4.69, 9.17) is 5.73 Å². The summed E-state index contributed by atoms with van der Waals surface area (Å²) in [5.41, 5.74) is 8.59. The van der Waals surface area contributed by atoms with Gasteiger partial charge in [0.25, 0.3) is 5.91 Å². The number of nitrogens with zero attached hydrogens (tertiary/aromatic N) is 5. The zero-order valence-corrected chi connectivity index (χ0v) is 20.6. The normalized spacial score (nSPS) is 18.0. The van der Waals surface area contributed by atoms with Gasteiger partial charge in [0.15, 0.2) is 0 Å². The fraction of sp³-hybridized carbons (Fsp3) is 0.480. The van der Waals surface area contributed by atoms with Crippen molar-refractivity contribution in [3.63, 3.8) is 0 Å². The molecule has 5 N–H and O–H groups in total. The summed E-state index contributed by atoms with van der Waals surface area (Å²) in [6.45, 7) is 5.47. The fourth-order valence-electron chi connectivity index (χ4n) is 4.61. The second-order valence-corrected chi connectivity index (χ2v) is 9.03. The molecular formula is C25H34N8O3. The van der Waals surface area contributed by atoms with E-state index in [1.165, 1.54) is 0 Å². The first kappa shape index (κ1) is 25.5. The van der Waals surface area contributed by atoms with Crippen LogP contribution in [0.15, 0.2) is 29.4 Å². The summed E-state index contributed by atoms with van der Waals surface area (Å²) in [4.78, 5) is 35.6. The molecule has 3 heterocycles. The Hall–Kier alpha value is -3.57. The number of benzene rings is 1. The number of aliphatic hydroxyl groups is 1. The van der Waals surface area contributed by atoms with Crippen molar-refractivity contribution in [3.05, 3.63) is 46.6 Å². The average Bonchev–Trinajstić information content (AvgIpc) is 2.89. The van der Waals surface area contributed by atoms with Gasteiger partial charge in [0, 0.05) is 44.4 Å². The summed E-state index contributed by atoms with van der Waals surface area (Å²) in [5, 5.41) is 22.2. The van der Waals surface area contributed by atoms with Gasteiger partial charge in [0.1, 0.15) is 18.1 Å². The van der Waals surface area contributed by atoms with Crippen LogP contribution < -0.4 is 16.4 Å². The number of aliphatic hydroxyl groups excluding tert-OH is 1. The van der Waals surface area contributed by atoms with E-state index >= 15 is 0 Å². The zero-order valence-electron chi connectivity index (χ0n) is 20.6. The highest BCUT2D eigenvalue weighted by atomic mass is 16.3. The summed E-state index contributed by atoms with van der Waals surface area (Å²) >= 11 is 0. The lowest BCUT2D eigenvalue weighted by Crippen LogP contribution is -2.46. The number of carbonyl (C=O) groups is 2. The van der Waals surface area contributed by atoms with Crippen LogP contribution in [0.25, 0.3) is 0 Å². The molecule has 1 aromatic heterocycles. The molecule has 1 amide bonds. The van der Waals surface area contributed by atoms with Gasteiger partial charge >= 0.3 is 0 Å². The lowest BCUT2D eigenvalue weighted by molar-refractivity contribution is -0.113. The number of piperazine rings is 1. The molecule has 1 fully saturated rings. The molecule has 11 nitrogen and oxygen atoms in total. The Balaban J connectivity index is 1.53. The third kappa shape index (κ3) is 5.80. The molecule has 0 saturated carbocycles. The predicted octanol–water partition coefficient (Wildman–Crippen LogP) is 1.16. The van der Waals surface area contributed by atoms with Gasteiger partial charge in [-0.1, -0.05) is 25.5 Å². The minimum Gasteiger partial charge on any atom is -0.396 e. The highest BCUT2D eigenvalue weighted by Gasteiger charge is 2.30. The van der Waals surface area contributed by atoms with Crippen molar-refractivity contribution >= 4 is 30.2 Å². The molecule has 2 atom stereocenters. The minimum atomic E-state index is -0.716. The number of aromatic nitrogens is 2. The number of anilines is 2. The van der Waals surface area contributed by atoms with Crippen LogP contribution in [0.4, 0.5) is 11.8 Å². The first-order valence-corrected chi connectivity index (χ1v) is 12.4. The van der Waals surface area contributed by atoms with Gasteiger partial charge in [-0.2, -0.15) is 10.1 Å². The molecule has 2 unspecified atom stereocenters. The van der Waals surface area contributed by atoms with Gasteiger partial charge in [0.05, 0.1) is 24.0 Å². The number of nitrogens with one attached hydrogen (secondary N) is 2. The Kier molecular flexibility index (Phi) is 8.44. The molecule has 2 aliphatic rings. The molecule has 2 aliphatic heterocycles. The van der Waals surface area contributed by atoms with Gasteiger partial charge in [-0.15, -0.1) is 0 Å². The van der Waals surface area contributed by atoms with E-state index in [1.807, 2.05) is 29.2 Å². The Morgan fingerprint density at radius 3 is 2.67 bits per heavy atom. The molecule has 1 saturated heterocycles. The number of fused-ring (bicyclic) bond motifs is 1. The molecular weight excluding hydrogens is 460 g/mol. The maximum Gasteiger partial charge on any atom is 0.253 e. The number of amides is 1. The molecule has 4 rings (SSSR count). The van der Waals surface area contributed by atoms with Crippen LogP contribution in [0.5, 0.6) is 0 Å². The Morgan fingerprint density at radius 2 is 2.00 bits per heavy atom. The summed E-state index contributed by atoms with van der Waals surface area (Å²) in [6.07, 6.45) is 4.72. The van der Waals surface area contributed by atoms with Crippen molar-refractivity contribution < 1.29 is 14.7 Å². The van der Waals surface area contributed by atoms with Crippen molar-refractivity contribution in [3.8, 4) is 0 Å². The molecule has 0 aliphatic carbocycles. The third-order valence-corrected chi connectivity index (χ3v) is 6.47. The topological polar surface area (TPSA) is 149 Å². The number of hydrazone groups is 1. The summed E-state index contributed by atoms with van der Waals surface area (Å²) in [6, 6.07) is 6.68. The first-order valence-electron chi connectivity index (χ1n) is 12.4. The summed E-state index contributed by atoms with van der Waals surface area (Å²) < 4.78 is 0. The van der Waals surface area contributed by atoms with E-state index in [2.05, 4.69) is 32.6 Å². The van der Waals surface area contributed by atoms with Crippen LogP contribution in [-0.4, -0.2) is 82.2 Å². The zero-order chi connectivity index (χ0) is 25.5. The molecule has 11 heteroatoms. The standard InChI is InChI=1S/C25H34N8O3/c1-2-3-19(8-13-34)29-23-22-20(30-25(26)31-23)14-28-33(21(22)16-35)15-17-4-6-18(7-5-17)24(36)32-11-9-27-10-12-32/h4-7,14,16,19,21,27,34H,2-3,8-13,15H2,1H3,(H3,26,29,30,31). The second-order valence-electron chi connectivity index (χ2n) is 9.03. The Morgan fingerprint density at radius 1 is 1.25 bits per heavy atom.